The van der Waals surface area contributed by atoms with Crippen molar-refractivity contribution in [1.29, 1.82) is 0 Å². The maximum Gasteiger partial charge on any atom is 0.243 e. The van der Waals surface area contributed by atoms with Crippen molar-refractivity contribution < 1.29 is 17.9 Å². The Morgan fingerprint density at radius 1 is 1.00 bits per heavy atom. The zero-order valence-corrected chi connectivity index (χ0v) is 16.8. The molecule has 0 radical (unpaired) electrons. The Kier molecular flexibility index (Phi) is 7.38. The van der Waals surface area contributed by atoms with Gasteiger partial charge < -0.3 is 10.1 Å². The first-order valence-corrected chi connectivity index (χ1v) is 10.5. The van der Waals surface area contributed by atoms with Crippen molar-refractivity contribution in [1.82, 2.24) is 4.31 Å². The van der Waals surface area contributed by atoms with Gasteiger partial charge in [-0.25, -0.2) is 8.42 Å². The number of hydrogen-bond donors (Lipinski definition) is 1. The molecule has 0 aliphatic heterocycles. The van der Waals surface area contributed by atoms with E-state index in [4.69, 9.17) is 4.74 Å². The Hall–Kier alpha value is -2.38. The first-order valence-electron chi connectivity index (χ1n) is 9.03. The Labute approximate surface area is 161 Å². The highest BCUT2D eigenvalue weighted by Gasteiger charge is 2.21. The SMILES string of the molecule is CCOc1ccccc1NCC(=O)c1ccc(S(=O)(=O)N(CC)CC)cc1. The maximum atomic E-state index is 12.5. The van der Waals surface area contributed by atoms with E-state index in [1.807, 2.05) is 31.2 Å². The van der Waals surface area contributed by atoms with Gasteiger partial charge >= 0.3 is 0 Å². The van der Waals surface area contributed by atoms with E-state index in [2.05, 4.69) is 5.32 Å². The summed E-state index contributed by atoms with van der Waals surface area (Å²) in [4.78, 5) is 12.6. The fraction of sp³-hybridized carbons (Fsp3) is 0.350. The maximum absolute atomic E-state index is 12.5. The van der Waals surface area contributed by atoms with Gasteiger partial charge in [-0.2, -0.15) is 4.31 Å². The highest BCUT2D eigenvalue weighted by Crippen LogP contribution is 2.23. The highest BCUT2D eigenvalue weighted by molar-refractivity contribution is 7.89. The fourth-order valence-corrected chi connectivity index (χ4v) is 4.16. The van der Waals surface area contributed by atoms with Crippen molar-refractivity contribution in [3.05, 3.63) is 54.1 Å². The van der Waals surface area contributed by atoms with E-state index in [1.54, 1.807) is 26.0 Å². The van der Waals surface area contributed by atoms with Crippen molar-refractivity contribution in [3.8, 4) is 5.75 Å². The van der Waals surface area contributed by atoms with E-state index >= 15 is 0 Å². The minimum Gasteiger partial charge on any atom is -0.492 e. The molecule has 146 valence electrons. The molecule has 7 heteroatoms. The lowest BCUT2D eigenvalue weighted by Gasteiger charge is -2.18. The number of hydrogen-bond acceptors (Lipinski definition) is 5. The van der Waals surface area contributed by atoms with Crippen molar-refractivity contribution in [2.45, 2.75) is 25.7 Å². The number of benzene rings is 2. The Bertz CT molecular complexity index is 860. The quantitative estimate of drug-likeness (QED) is 0.629. The van der Waals surface area contributed by atoms with Crippen LogP contribution in [0.3, 0.4) is 0 Å². The van der Waals surface area contributed by atoms with E-state index < -0.39 is 10.0 Å². The number of para-hydroxylation sites is 2. The van der Waals surface area contributed by atoms with Gasteiger partial charge in [-0.3, -0.25) is 4.79 Å². The minimum absolute atomic E-state index is 0.0895. The molecule has 0 spiro atoms. The monoisotopic (exact) mass is 390 g/mol. The molecule has 0 heterocycles. The smallest absolute Gasteiger partial charge is 0.243 e. The van der Waals surface area contributed by atoms with Crippen LogP contribution < -0.4 is 10.1 Å². The lowest BCUT2D eigenvalue weighted by atomic mass is 10.1. The average molecular weight is 391 g/mol. The van der Waals surface area contributed by atoms with Crippen LogP contribution in [0.2, 0.25) is 0 Å². The first-order chi connectivity index (χ1) is 12.9. The van der Waals surface area contributed by atoms with Gasteiger partial charge in [-0.05, 0) is 43.3 Å². The third-order valence-electron chi connectivity index (χ3n) is 4.15. The molecule has 2 aromatic carbocycles. The number of anilines is 1. The van der Waals surface area contributed by atoms with Gasteiger partial charge in [-0.1, -0.05) is 26.0 Å². The third-order valence-corrected chi connectivity index (χ3v) is 6.21. The predicted molar refractivity (Wildman–Crippen MR) is 107 cm³/mol. The second kappa shape index (κ2) is 9.53. The van der Waals surface area contributed by atoms with E-state index in [9.17, 15) is 13.2 Å². The van der Waals surface area contributed by atoms with Crippen molar-refractivity contribution in [2.24, 2.45) is 0 Å². The van der Waals surface area contributed by atoms with E-state index in [0.717, 1.165) is 5.69 Å². The molecule has 0 saturated heterocycles. The molecule has 0 atom stereocenters. The number of Topliss-reactive ketones (excluding diaryl/α,β-unsaturated/α-hetero) is 1. The van der Waals surface area contributed by atoms with Gasteiger partial charge in [0.1, 0.15) is 5.75 Å². The number of sulfonamides is 1. The topological polar surface area (TPSA) is 75.7 Å². The van der Waals surface area contributed by atoms with Crippen LogP contribution in [0.15, 0.2) is 53.4 Å². The summed E-state index contributed by atoms with van der Waals surface area (Å²) in [5.41, 5.74) is 1.20. The van der Waals surface area contributed by atoms with E-state index in [0.29, 0.717) is 31.0 Å². The molecular formula is C20H26N2O4S. The molecular weight excluding hydrogens is 364 g/mol. The number of nitrogens with one attached hydrogen (secondary N) is 1. The second-order valence-electron chi connectivity index (χ2n) is 5.82. The highest BCUT2D eigenvalue weighted by atomic mass is 32.2. The van der Waals surface area contributed by atoms with Crippen LogP contribution in [0.5, 0.6) is 5.75 Å². The van der Waals surface area contributed by atoms with Crippen LogP contribution in [-0.4, -0.2) is 44.7 Å². The molecule has 0 saturated carbocycles. The Morgan fingerprint density at radius 2 is 1.63 bits per heavy atom. The summed E-state index contributed by atoms with van der Waals surface area (Å²) in [6.45, 7) is 6.93. The summed E-state index contributed by atoms with van der Waals surface area (Å²) in [6.07, 6.45) is 0. The molecule has 0 fully saturated rings. The normalized spacial score (nSPS) is 11.4. The summed E-state index contributed by atoms with van der Waals surface area (Å²) < 4.78 is 31.9. The van der Waals surface area contributed by atoms with Crippen LogP contribution in [0, 0.1) is 0 Å². The van der Waals surface area contributed by atoms with Crippen LogP contribution in [0.25, 0.3) is 0 Å². The van der Waals surface area contributed by atoms with Crippen LogP contribution in [0.4, 0.5) is 5.69 Å². The molecule has 0 unspecified atom stereocenters. The lowest BCUT2D eigenvalue weighted by molar-refractivity contribution is 0.101. The molecule has 6 nitrogen and oxygen atoms in total. The fourth-order valence-electron chi connectivity index (χ4n) is 2.70. The van der Waals surface area contributed by atoms with Gasteiger partial charge in [0.2, 0.25) is 10.0 Å². The lowest BCUT2D eigenvalue weighted by Crippen LogP contribution is -2.30. The van der Waals surface area contributed by atoms with E-state index in [-0.39, 0.29) is 17.2 Å². The number of ether oxygens (including phenoxy) is 1. The molecule has 27 heavy (non-hydrogen) atoms. The number of nitrogens with zero attached hydrogens (tertiary/aromatic N) is 1. The average Bonchev–Trinajstić information content (AvgIpc) is 2.68. The zero-order chi connectivity index (χ0) is 19.9. The third kappa shape index (κ3) is 5.08. The molecule has 0 aliphatic carbocycles. The summed E-state index contributed by atoms with van der Waals surface area (Å²) in [7, 11) is -3.52. The molecule has 0 amide bonds. The molecule has 0 aliphatic rings. The van der Waals surface area contributed by atoms with Crippen LogP contribution in [0.1, 0.15) is 31.1 Å². The van der Waals surface area contributed by atoms with Gasteiger partial charge in [0.05, 0.1) is 23.7 Å². The Morgan fingerprint density at radius 3 is 2.22 bits per heavy atom. The van der Waals surface area contributed by atoms with Gasteiger partial charge in [-0.15, -0.1) is 0 Å². The predicted octanol–water partition coefficient (Wildman–Crippen LogP) is 3.41. The largest absolute Gasteiger partial charge is 0.492 e. The molecule has 2 aromatic rings. The number of rotatable bonds is 10. The summed E-state index contributed by atoms with van der Waals surface area (Å²) in [5.74, 6) is 0.557. The standard InChI is InChI=1S/C20H26N2O4S/c1-4-22(5-2)27(24,25)17-13-11-16(12-14-17)19(23)15-21-18-9-7-8-10-20(18)26-6-3/h7-14,21H,4-6,15H2,1-3H3. The van der Waals surface area contributed by atoms with Gasteiger partial charge in [0, 0.05) is 18.7 Å². The summed E-state index contributed by atoms with van der Waals surface area (Å²) >= 11 is 0. The molecule has 0 bridgehead atoms. The second-order valence-corrected chi connectivity index (χ2v) is 7.76. The first kappa shape index (κ1) is 20.9. The number of carbonyl (C=O) groups excluding carboxylic acids is 1. The molecule has 0 aromatic heterocycles. The minimum atomic E-state index is -3.52. The molecule has 1 N–H and O–H groups in total. The number of ketones is 1. The van der Waals surface area contributed by atoms with Crippen molar-refractivity contribution >= 4 is 21.5 Å². The van der Waals surface area contributed by atoms with Crippen LogP contribution in [-0.2, 0) is 10.0 Å². The van der Waals surface area contributed by atoms with Gasteiger partial charge in [0.15, 0.2) is 5.78 Å². The van der Waals surface area contributed by atoms with E-state index in [1.165, 1.54) is 16.4 Å². The zero-order valence-electron chi connectivity index (χ0n) is 15.9. The summed E-state index contributed by atoms with van der Waals surface area (Å²) in [6, 6.07) is 13.5. The van der Waals surface area contributed by atoms with Crippen LogP contribution >= 0.6 is 0 Å². The summed E-state index contributed by atoms with van der Waals surface area (Å²) in [5, 5.41) is 3.08. The van der Waals surface area contributed by atoms with Crippen molar-refractivity contribution in [3.63, 3.8) is 0 Å². The van der Waals surface area contributed by atoms with Gasteiger partial charge in [0.25, 0.3) is 0 Å². The van der Waals surface area contributed by atoms with Crippen molar-refractivity contribution in [2.75, 3.05) is 31.6 Å². The number of carbonyl (C=O) groups is 1. The Balaban J connectivity index is 2.08. The molecule has 2 rings (SSSR count).